The predicted octanol–water partition coefficient (Wildman–Crippen LogP) is 1.05. The summed E-state index contributed by atoms with van der Waals surface area (Å²) in [5.41, 5.74) is 0.461. The summed E-state index contributed by atoms with van der Waals surface area (Å²) in [4.78, 5) is 25.8. The van der Waals surface area contributed by atoms with E-state index in [0.717, 1.165) is 0 Å². The molecule has 6 nitrogen and oxygen atoms in total. The number of rotatable bonds is 6. The maximum absolute atomic E-state index is 13.7. The summed E-state index contributed by atoms with van der Waals surface area (Å²) in [7, 11) is 0. The third-order valence-electron chi connectivity index (χ3n) is 4.27. The lowest BCUT2D eigenvalue weighted by molar-refractivity contribution is -0.129. The second-order valence-corrected chi connectivity index (χ2v) is 6.02. The summed E-state index contributed by atoms with van der Waals surface area (Å²) in [6.07, 6.45) is 0.496. The lowest BCUT2D eigenvalue weighted by Gasteiger charge is -2.17. The summed E-state index contributed by atoms with van der Waals surface area (Å²) in [5.74, 6) is -1.01. The van der Waals surface area contributed by atoms with Crippen LogP contribution in [0.2, 0.25) is 0 Å². The number of halogens is 1. The second kappa shape index (κ2) is 7.72. The first-order valence-corrected chi connectivity index (χ1v) is 8.15. The van der Waals surface area contributed by atoms with E-state index in [2.05, 4.69) is 5.32 Å². The van der Waals surface area contributed by atoms with Gasteiger partial charge in [0.05, 0.1) is 19.1 Å². The summed E-state index contributed by atoms with van der Waals surface area (Å²) in [6, 6.07) is 6.36. The Labute approximate surface area is 139 Å². The van der Waals surface area contributed by atoms with Crippen LogP contribution in [0.4, 0.5) is 4.39 Å². The Hall–Kier alpha value is -1.99. The molecule has 2 aliphatic rings. The maximum Gasteiger partial charge on any atom is 0.225 e. The smallest absolute Gasteiger partial charge is 0.225 e. The number of benzene rings is 1. The molecule has 1 aromatic carbocycles. The molecular formula is C17H21FN2O4. The normalized spacial score (nSPS) is 21.5. The molecule has 1 atom stereocenters. The van der Waals surface area contributed by atoms with Gasteiger partial charge in [-0.2, -0.15) is 0 Å². The Bertz CT molecular complexity index is 604. The first kappa shape index (κ1) is 16.9. The molecule has 2 saturated heterocycles. The number of carbonyl (C=O) groups excluding carboxylic acids is 2. The number of nitrogens with one attached hydrogen (secondary N) is 1. The first-order chi connectivity index (χ1) is 11.6. The number of ether oxygens (including phenoxy) is 2. The average molecular weight is 336 g/mol. The SMILES string of the molecule is O=C(NCCC1OCCO1)[C@H]1CC(=O)N(Cc2ccccc2F)C1. The van der Waals surface area contributed by atoms with E-state index in [0.29, 0.717) is 38.3 Å². The fourth-order valence-electron chi connectivity index (χ4n) is 2.96. The molecule has 0 aromatic heterocycles. The first-order valence-electron chi connectivity index (χ1n) is 8.15. The molecule has 3 rings (SSSR count). The van der Waals surface area contributed by atoms with Crippen molar-refractivity contribution >= 4 is 11.8 Å². The number of hydrogen-bond acceptors (Lipinski definition) is 4. The van der Waals surface area contributed by atoms with Crippen molar-refractivity contribution in [2.24, 2.45) is 5.92 Å². The minimum absolute atomic E-state index is 0.124. The molecule has 2 heterocycles. The highest BCUT2D eigenvalue weighted by Gasteiger charge is 2.34. The van der Waals surface area contributed by atoms with Crippen molar-refractivity contribution in [3.8, 4) is 0 Å². The van der Waals surface area contributed by atoms with Crippen molar-refractivity contribution in [3.05, 3.63) is 35.6 Å². The molecule has 0 aliphatic carbocycles. The number of carbonyl (C=O) groups is 2. The Balaban J connectivity index is 1.46. The average Bonchev–Trinajstić information content (AvgIpc) is 3.20. The fourth-order valence-corrected chi connectivity index (χ4v) is 2.96. The molecule has 130 valence electrons. The Morgan fingerprint density at radius 2 is 2.04 bits per heavy atom. The van der Waals surface area contributed by atoms with Crippen LogP contribution >= 0.6 is 0 Å². The molecule has 1 aromatic rings. The van der Waals surface area contributed by atoms with Gasteiger partial charge in [-0.25, -0.2) is 4.39 Å². The number of likely N-dealkylation sites (tertiary alicyclic amines) is 1. The highest BCUT2D eigenvalue weighted by Crippen LogP contribution is 2.21. The van der Waals surface area contributed by atoms with Crippen LogP contribution in [0.5, 0.6) is 0 Å². The molecule has 0 unspecified atom stereocenters. The van der Waals surface area contributed by atoms with Crippen molar-refractivity contribution in [3.63, 3.8) is 0 Å². The van der Waals surface area contributed by atoms with Crippen molar-refractivity contribution in [1.82, 2.24) is 10.2 Å². The maximum atomic E-state index is 13.7. The Morgan fingerprint density at radius 1 is 1.29 bits per heavy atom. The van der Waals surface area contributed by atoms with Crippen molar-refractivity contribution in [2.75, 3.05) is 26.3 Å². The van der Waals surface area contributed by atoms with Crippen LogP contribution in [-0.2, 0) is 25.6 Å². The Morgan fingerprint density at radius 3 is 2.79 bits per heavy atom. The molecule has 2 fully saturated rings. The van der Waals surface area contributed by atoms with E-state index in [1.54, 1.807) is 18.2 Å². The van der Waals surface area contributed by atoms with Crippen molar-refractivity contribution < 1.29 is 23.5 Å². The van der Waals surface area contributed by atoms with Crippen LogP contribution in [0, 0.1) is 11.7 Å². The molecule has 2 aliphatic heterocycles. The van der Waals surface area contributed by atoms with Gasteiger partial charge in [-0.3, -0.25) is 9.59 Å². The number of hydrogen-bond donors (Lipinski definition) is 1. The molecule has 0 bridgehead atoms. The molecular weight excluding hydrogens is 315 g/mol. The monoisotopic (exact) mass is 336 g/mol. The molecule has 0 radical (unpaired) electrons. The van der Waals surface area contributed by atoms with Gasteiger partial charge in [0.15, 0.2) is 6.29 Å². The van der Waals surface area contributed by atoms with E-state index in [1.807, 2.05) is 0 Å². The molecule has 24 heavy (non-hydrogen) atoms. The highest BCUT2D eigenvalue weighted by atomic mass is 19.1. The van der Waals surface area contributed by atoms with Gasteiger partial charge < -0.3 is 19.7 Å². The molecule has 0 spiro atoms. The third-order valence-corrected chi connectivity index (χ3v) is 4.27. The lowest BCUT2D eigenvalue weighted by atomic mass is 10.1. The fraction of sp³-hybridized carbons (Fsp3) is 0.529. The molecule has 1 N–H and O–H groups in total. The van der Waals surface area contributed by atoms with Crippen molar-refractivity contribution in [2.45, 2.75) is 25.7 Å². The van der Waals surface area contributed by atoms with E-state index >= 15 is 0 Å². The molecule has 2 amide bonds. The van der Waals surface area contributed by atoms with Gasteiger partial charge in [0.25, 0.3) is 0 Å². The summed E-state index contributed by atoms with van der Waals surface area (Å²) in [6.45, 7) is 2.12. The van der Waals surface area contributed by atoms with Crippen LogP contribution in [0.15, 0.2) is 24.3 Å². The summed E-state index contributed by atoms with van der Waals surface area (Å²) in [5, 5.41) is 2.82. The summed E-state index contributed by atoms with van der Waals surface area (Å²) >= 11 is 0. The molecule has 0 saturated carbocycles. The predicted molar refractivity (Wildman–Crippen MR) is 83.2 cm³/mol. The van der Waals surface area contributed by atoms with Crippen LogP contribution in [-0.4, -0.2) is 49.3 Å². The number of amides is 2. The van der Waals surface area contributed by atoms with E-state index in [-0.39, 0.29) is 36.9 Å². The van der Waals surface area contributed by atoms with Gasteiger partial charge in [-0.1, -0.05) is 18.2 Å². The topological polar surface area (TPSA) is 67.9 Å². The van der Waals surface area contributed by atoms with Gasteiger partial charge in [0.1, 0.15) is 5.82 Å². The van der Waals surface area contributed by atoms with Gasteiger partial charge in [-0.15, -0.1) is 0 Å². The third kappa shape index (κ3) is 4.10. The van der Waals surface area contributed by atoms with E-state index < -0.39 is 5.92 Å². The number of nitrogens with zero attached hydrogens (tertiary/aromatic N) is 1. The van der Waals surface area contributed by atoms with E-state index in [9.17, 15) is 14.0 Å². The minimum Gasteiger partial charge on any atom is -0.356 e. The van der Waals surface area contributed by atoms with Crippen LogP contribution < -0.4 is 5.32 Å². The zero-order valence-corrected chi connectivity index (χ0v) is 13.4. The van der Waals surface area contributed by atoms with Crippen LogP contribution in [0.3, 0.4) is 0 Å². The minimum atomic E-state index is -0.394. The highest BCUT2D eigenvalue weighted by molar-refractivity contribution is 5.89. The lowest BCUT2D eigenvalue weighted by Crippen LogP contribution is -2.34. The zero-order chi connectivity index (χ0) is 16.9. The quantitative estimate of drug-likeness (QED) is 0.843. The molecule has 7 heteroatoms. The zero-order valence-electron chi connectivity index (χ0n) is 13.4. The van der Waals surface area contributed by atoms with Crippen molar-refractivity contribution in [1.29, 1.82) is 0 Å². The Kier molecular flexibility index (Phi) is 5.42. The summed E-state index contributed by atoms with van der Waals surface area (Å²) < 4.78 is 24.3. The van der Waals surface area contributed by atoms with Gasteiger partial charge in [-0.05, 0) is 6.07 Å². The van der Waals surface area contributed by atoms with Crippen LogP contribution in [0.1, 0.15) is 18.4 Å². The van der Waals surface area contributed by atoms with Gasteiger partial charge >= 0.3 is 0 Å². The van der Waals surface area contributed by atoms with Crippen LogP contribution in [0.25, 0.3) is 0 Å². The standard InChI is InChI=1S/C17H21FN2O4/c18-14-4-2-1-3-12(14)10-20-11-13(9-15(20)21)17(22)19-6-5-16-23-7-8-24-16/h1-4,13,16H,5-11H2,(H,19,22)/t13-/m0/s1. The van der Waals surface area contributed by atoms with E-state index in [4.69, 9.17) is 9.47 Å². The van der Waals surface area contributed by atoms with E-state index in [1.165, 1.54) is 11.0 Å². The second-order valence-electron chi connectivity index (χ2n) is 6.02. The largest absolute Gasteiger partial charge is 0.356 e. The van der Waals surface area contributed by atoms with Gasteiger partial charge in [0.2, 0.25) is 11.8 Å². The van der Waals surface area contributed by atoms with Gasteiger partial charge in [0, 0.05) is 38.0 Å².